The maximum Gasteiger partial charge on any atom is 0.224 e. The predicted octanol–water partition coefficient (Wildman–Crippen LogP) is 2.86. The molecule has 0 heterocycles. The van der Waals surface area contributed by atoms with Gasteiger partial charge in [-0.2, -0.15) is 5.26 Å². The Morgan fingerprint density at radius 2 is 2.00 bits per heavy atom. The maximum atomic E-state index is 13.7. The second-order valence-corrected chi connectivity index (χ2v) is 4.80. The van der Waals surface area contributed by atoms with E-state index in [1.165, 1.54) is 18.2 Å². The van der Waals surface area contributed by atoms with Crippen molar-refractivity contribution in [3.05, 3.63) is 70.5 Å². The molecule has 0 aliphatic rings. The van der Waals surface area contributed by atoms with Gasteiger partial charge in [0.1, 0.15) is 5.82 Å². The Kier molecular flexibility index (Phi) is 4.68. The summed E-state index contributed by atoms with van der Waals surface area (Å²) in [6.45, 7) is 2.06. The number of carbonyl (C=O) groups excluding carboxylic acids is 1. The van der Waals surface area contributed by atoms with Crippen LogP contribution < -0.4 is 5.32 Å². The van der Waals surface area contributed by atoms with Gasteiger partial charge in [0, 0.05) is 12.1 Å². The molecule has 2 aromatic rings. The fraction of sp³-hybridized carbons (Fsp3) is 0.176. The van der Waals surface area contributed by atoms with E-state index in [2.05, 4.69) is 5.32 Å². The zero-order valence-electron chi connectivity index (χ0n) is 11.7. The molecule has 0 spiro atoms. The Morgan fingerprint density at radius 3 is 2.67 bits per heavy atom. The van der Waals surface area contributed by atoms with E-state index in [-0.39, 0.29) is 24.4 Å². The summed E-state index contributed by atoms with van der Waals surface area (Å²) in [7, 11) is 0. The number of rotatable bonds is 4. The van der Waals surface area contributed by atoms with Gasteiger partial charge in [0.2, 0.25) is 5.91 Å². The van der Waals surface area contributed by atoms with Crippen molar-refractivity contribution in [1.82, 2.24) is 5.32 Å². The van der Waals surface area contributed by atoms with Gasteiger partial charge in [-0.15, -0.1) is 0 Å². The molecule has 0 fully saturated rings. The molecule has 3 nitrogen and oxygen atoms in total. The van der Waals surface area contributed by atoms with Gasteiger partial charge in [-0.25, -0.2) is 4.39 Å². The lowest BCUT2D eigenvalue weighted by atomic mass is 10.1. The average Bonchev–Trinajstić information content (AvgIpc) is 2.48. The summed E-state index contributed by atoms with van der Waals surface area (Å²) in [6.07, 6.45) is 0.268. The third-order valence-corrected chi connectivity index (χ3v) is 3.27. The average molecular weight is 282 g/mol. The highest BCUT2D eigenvalue weighted by molar-refractivity contribution is 5.78. The SMILES string of the molecule is Cc1ccccc1CC(=O)NCc1ccc(C#N)cc1F. The van der Waals surface area contributed by atoms with Gasteiger partial charge in [-0.1, -0.05) is 30.3 Å². The summed E-state index contributed by atoms with van der Waals surface area (Å²) in [6, 6.07) is 13.7. The van der Waals surface area contributed by atoms with Crippen LogP contribution in [-0.2, 0) is 17.8 Å². The molecule has 0 radical (unpaired) electrons. The lowest BCUT2D eigenvalue weighted by Crippen LogP contribution is -2.25. The molecule has 1 N–H and O–H groups in total. The van der Waals surface area contributed by atoms with Crippen molar-refractivity contribution in [2.75, 3.05) is 0 Å². The molecule has 0 saturated carbocycles. The standard InChI is InChI=1S/C17H15FN2O/c1-12-4-2-3-5-14(12)9-17(21)20-11-15-7-6-13(10-19)8-16(15)18/h2-8H,9,11H2,1H3,(H,20,21). The first kappa shape index (κ1) is 14.7. The van der Waals surface area contributed by atoms with E-state index in [1.807, 2.05) is 37.3 Å². The van der Waals surface area contributed by atoms with Gasteiger partial charge in [-0.3, -0.25) is 4.79 Å². The fourth-order valence-electron chi connectivity index (χ4n) is 2.00. The number of halogens is 1. The molecule has 2 aromatic carbocycles. The number of carbonyl (C=O) groups is 1. The highest BCUT2D eigenvalue weighted by Gasteiger charge is 2.08. The number of benzene rings is 2. The molecular formula is C17H15FN2O. The predicted molar refractivity (Wildman–Crippen MR) is 77.8 cm³/mol. The van der Waals surface area contributed by atoms with Gasteiger partial charge >= 0.3 is 0 Å². The first-order valence-corrected chi connectivity index (χ1v) is 6.60. The van der Waals surface area contributed by atoms with Crippen LogP contribution in [0.5, 0.6) is 0 Å². The number of hydrogen-bond donors (Lipinski definition) is 1. The molecular weight excluding hydrogens is 267 g/mol. The molecule has 0 unspecified atom stereocenters. The highest BCUT2D eigenvalue weighted by Crippen LogP contribution is 2.10. The van der Waals surface area contributed by atoms with Crippen molar-refractivity contribution >= 4 is 5.91 Å². The largest absolute Gasteiger partial charge is 0.352 e. The Morgan fingerprint density at radius 1 is 1.24 bits per heavy atom. The molecule has 0 aliphatic carbocycles. The maximum absolute atomic E-state index is 13.7. The van der Waals surface area contributed by atoms with Crippen LogP contribution in [0.4, 0.5) is 4.39 Å². The minimum Gasteiger partial charge on any atom is -0.352 e. The summed E-state index contributed by atoms with van der Waals surface area (Å²) >= 11 is 0. The molecule has 2 rings (SSSR count). The molecule has 106 valence electrons. The van der Waals surface area contributed by atoms with Crippen molar-refractivity contribution in [3.63, 3.8) is 0 Å². The first-order valence-electron chi connectivity index (χ1n) is 6.60. The van der Waals surface area contributed by atoms with Crippen LogP contribution in [0.25, 0.3) is 0 Å². The van der Waals surface area contributed by atoms with Crippen LogP contribution in [0.2, 0.25) is 0 Å². The zero-order chi connectivity index (χ0) is 15.2. The number of nitrogens with zero attached hydrogens (tertiary/aromatic N) is 1. The summed E-state index contributed by atoms with van der Waals surface area (Å²) < 4.78 is 13.7. The normalized spacial score (nSPS) is 9.95. The van der Waals surface area contributed by atoms with Crippen LogP contribution >= 0.6 is 0 Å². The van der Waals surface area contributed by atoms with E-state index in [1.54, 1.807) is 0 Å². The van der Waals surface area contributed by atoms with Crippen LogP contribution in [-0.4, -0.2) is 5.91 Å². The van der Waals surface area contributed by atoms with E-state index < -0.39 is 5.82 Å². The second kappa shape index (κ2) is 6.67. The molecule has 0 aliphatic heterocycles. The molecule has 21 heavy (non-hydrogen) atoms. The van der Waals surface area contributed by atoms with E-state index in [0.717, 1.165) is 11.1 Å². The van der Waals surface area contributed by atoms with Gasteiger partial charge < -0.3 is 5.32 Å². The van der Waals surface area contributed by atoms with Crippen LogP contribution in [0.1, 0.15) is 22.3 Å². The van der Waals surface area contributed by atoms with Gasteiger partial charge in [0.15, 0.2) is 0 Å². The third kappa shape index (κ3) is 3.90. The summed E-state index contributed by atoms with van der Waals surface area (Å²) in [5, 5.41) is 11.4. The first-order chi connectivity index (χ1) is 10.1. The van der Waals surface area contributed by atoms with E-state index in [9.17, 15) is 9.18 Å². The highest BCUT2D eigenvalue weighted by atomic mass is 19.1. The molecule has 0 bridgehead atoms. The third-order valence-electron chi connectivity index (χ3n) is 3.27. The van der Waals surface area contributed by atoms with Crippen molar-refractivity contribution in [1.29, 1.82) is 5.26 Å². The van der Waals surface area contributed by atoms with Crippen LogP contribution in [0, 0.1) is 24.1 Å². The van der Waals surface area contributed by atoms with Crippen molar-refractivity contribution < 1.29 is 9.18 Å². The van der Waals surface area contributed by atoms with E-state index in [4.69, 9.17) is 5.26 Å². The lowest BCUT2D eigenvalue weighted by molar-refractivity contribution is -0.120. The number of amides is 1. The van der Waals surface area contributed by atoms with Gasteiger partial charge in [0.05, 0.1) is 18.1 Å². The van der Waals surface area contributed by atoms with Gasteiger partial charge in [-0.05, 0) is 30.2 Å². The lowest BCUT2D eigenvalue weighted by Gasteiger charge is -2.08. The Labute approximate surface area is 123 Å². The van der Waals surface area contributed by atoms with E-state index >= 15 is 0 Å². The monoisotopic (exact) mass is 282 g/mol. The molecule has 1 amide bonds. The molecule has 0 saturated heterocycles. The number of nitrogens with one attached hydrogen (secondary N) is 1. The topological polar surface area (TPSA) is 52.9 Å². The van der Waals surface area contributed by atoms with Crippen molar-refractivity contribution in [3.8, 4) is 6.07 Å². The van der Waals surface area contributed by atoms with Crippen LogP contribution in [0.3, 0.4) is 0 Å². The Hall–Kier alpha value is -2.67. The number of aryl methyl sites for hydroxylation is 1. The Balaban J connectivity index is 1.96. The molecule has 4 heteroatoms. The summed E-state index contributed by atoms with van der Waals surface area (Å²) in [5.41, 5.74) is 2.64. The fourth-order valence-corrected chi connectivity index (χ4v) is 2.00. The number of nitriles is 1. The summed E-state index contributed by atoms with van der Waals surface area (Å²) in [4.78, 5) is 11.9. The molecule has 0 atom stereocenters. The number of hydrogen-bond acceptors (Lipinski definition) is 2. The second-order valence-electron chi connectivity index (χ2n) is 4.80. The smallest absolute Gasteiger partial charge is 0.224 e. The molecule has 0 aromatic heterocycles. The van der Waals surface area contributed by atoms with Crippen LogP contribution in [0.15, 0.2) is 42.5 Å². The van der Waals surface area contributed by atoms with Crippen molar-refractivity contribution in [2.24, 2.45) is 0 Å². The summed E-state index contributed by atoms with van der Waals surface area (Å²) in [5.74, 6) is -0.640. The van der Waals surface area contributed by atoms with E-state index in [0.29, 0.717) is 5.56 Å². The zero-order valence-corrected chi connectivity index (χ0v) is 11.7. The minimum atomic E-state index is -0.481. The van der Waals surface area contributed by atoms with Crippen molar-refractivity contribution in [2.45, 2.75) is 19.9 Å². The van der Waals surface area contributed by atoms with Gasteiger partial charge in [0.25, 0.3) is 0 Å². The quantitative estimate of drug-likeness (QED) is 0.937. The minimum absolute atomic E-state index is 0.113. The Bertz CT molecular complexity index is 704.